The summed E-state index contributed by atoms with van der Waals surface area (Å²) in [6.45, 7) is 1.74. The Hall–Kier alpha value is -1.40. The number of hydrogen-bond donors (Lipinski definition) is 2. The first-order chi connectivity index (χ1) is 7.83. The lowest BCUT2D eigenvalue weighted by molar-refractivity contribution is -0.121. The molecule has 0 aliphatic rings. The van der Waals surface area contributed by atoms with Gasteiger partial charge in [-0.2, -0.15) is 5.10 Å². The van der Waals surface area contributed by atoms with Gasteiger partial charge in [-0.1, -0.05) is 0 Å². The van der Waals surface area contributed by atoms with Crippen molar-refractivity contribution in [2.75, 3.05) is 26.4 Å². The van der Waals surface area contributed by atoms with Gasteiger partial charge in [0.1, 0.15) is 6.54 Å². The van der Waals surface area contributed by atoms with Crippen LogP contribution in [0.3, 0.4) is 0 Å². The Morgan fingerprint density at radius 1 is 1.50 bits per heavy atom. The maximum absolute atomic E-state index is 11.3. The molecule has 2 N–H and O–H groups in total. The van der Waals surface area contributed by atoms with E-state index in [0.29, 0.717) is 19.8 Å². The molecule has 0 unspecified atom stereocenters. The van der Waals surface area contributed by atoms with Crippen LogP contribution in [0.1, 0.15) is 6.42 Å². The van der Waals surface area contributed by atoms with Crippen LogP contribution in [0, 0.1) is 0 Å². The van der Waals surface area contributed by atoms with E-state index in [1.165, 1.54) is 0 Å². The molecule has 0 bridgehead atoms. The Morgan fingerprint density at radius 3 is 3.06 bits per heavy atom. The van der Waals surface area contributed by atoms with Crippen LogP contribution in [-0.2, 0) is 16.1 Å². The largest absolute Gasteiger partial charge is 0.394 e. The van der Waals surface area contributed by atoms with Gasteiger partial charge in [0, 0.05) is 25.5 Å². The highest BCUT2D eigenvalue weighted by Gasteiger charge is 2.01. The Balaban J connectivity index is 1.98. The van der Waals surface area contributed by atoms with Crippen molar-refractivity contribution >= 4 is 5.91 Å². The van der Waals surface area contributed by atoms with Gasteiger partial charge in [0.05, 0.1) is 13.2 Å². The molecular weight excluding hydrogens is 210 g/mol. The van der Waals surface area contributed by atoms with E-state index in [2.05, 4.69) is 10.4 Å². The highest BCUT2D eigenvalue weighted by molar-refractivity contribution is 5.75. The normalized spacial score (nSPS) is 10.3. The van der Waals surface area contributed by atoms with E-state index in [4.69, 9.17) is 9.84 Å². The van der Waals surface area contributed by atoms with Gasteiger partial charge in [-0.15, -0.1) is 0 Å². The molecule has 1 aromatic heterocycles. The molecule has 0 aromatic carbocycles. The summed E-state index contributed by atoms with van der Waals surface area (Å²) in [5, 5.41) is 15.1. The molecule has 0 fully saturated rings. The smallest absolute Gasteiger partial charge is 0.241 e. The molecule has 6 nitrogen and oxygen atoms in total. The summed E-state index contributed by atoms with van der Waals surface area (Å²) in [4.78, 5) is 11.3. The first-order valence-corrected chi connectivity index (χ1v) is 5.25. The Bertz CT molecular complexity index is 288. The van der Waals surface area contributed by atoms with E-state index < -0.39 is 0 Å². The van der Waals surface area contributed by atoms with Crippen LogP contribution >= 0.6 is 0 Å². The van der Waals surface area contributed by atoms with Crippen LogP contribution in [0.4, 0.5) is 0 Å². The van der Waals surface area contributed by atoms with Gasteiger partial charge in [0.2, 0.25) is 5.91 Å². The van der Waals surface area contributed by atoms with E-state index in [9.17, 15) is 4.79 Å². The van der Waals surface area contributed by atoms with Crippen LogP contribution in [0.5, 0.6) is 0 Å². The predicted molar refractivity (Wildman–Crippen MR) is 57.8 cm³/mol. The molecule has 0 radical (unpaired) electrons. The van der Waals surface area contributed by atoms with Crippen molar-refractivity contribution in [2.24, 2.45) is 0 Å². The summed E-state index contributed by atoms with van der Waals surface area (Å²) in [7, 11) is 0. The number of nitrogens with one attached hydrogen (secondary N) is 1. The Morgan fingerprint density at radius 2 is 2.38 bits per heavy atom. The second-order valence-corrected chi connectivity index (χ2v) is 3.24. The first kappa shape index (κ1) is 12.7. The summed E-state index contributed by atoms with van der Waals surface area (Å²) in [5.41, 5.74) is 0. The fourth-order valence-corrected chi connectivity index (χ4v) is 1.17. The van der Waals surface area contributed by atoms with Crippen molar-refractivity contribution in [3.8, 4) is 0 Å². The third-order valence-corrected chi connectivity index (χ3v) is 1.89. The third-order valence-electron chi connectivity index (χ3n) is 1.89. The van der Waals surface area contributed by atoms with Crippen LogP contribution in [0.15, 0.2) is 18.5 Å². The van der Waals surface area contributed by atoms with Crippen molar-refractivity contribution in [3.63, 3.8) is 0 Å². The van der Waals surface area contributed by atoms with Gasteiger partial charge in [-0.25, -0.2) is 0 Å². The van der Waals surface area contributed by atoms with Crippen LogP contribution < -0.4 is 5.32 Å². The minimum atomic E-state index is -0.0640. The average molecular weight is 227 g/mol. The summed E-state index contributed by atoms with van der Waals surface area (Å²) in [5.74, 6) is -0.0640. The van der Waals surface area contributed by atoms with Gasteiger partial charge >= 0.3 is 0 Å². The zero-order valence-electron chi connectivity index (χ0n) is 9.13. The minimum absolute atomic E-state index is 0.0334. The Kier molecular flexibility index (Phi) is 6.20. The maximum Gasteiger partial charge on any atom is 0.241 e. The van der Waals surface area contributed by atoms with Crippen molar-refractivity contribution in [1.82, 2.24) is 15.1 Å². The van der Waals surface area contributed by atoms with Crippen molar-refractivity contribution in [3.05, 3.63) is 18.5 Å². The molecule has 0 aliphatic carbocycles. The molecule has 0 aliphatic heterocycles. The molecule has 16 heavy (non-hydrogen) atoms. The second kappa shape index (κ2) is 7.84. The number of amides is 1. The van der Waals surface area contributed by atoms with E-state index in [1.54, 1.807) is 23.1 Å². The summed E-state index contributed by atoms with van der Waals surface area (Å²) in [6, 6.07) is 1.77. The maximum atomic E-state index is 11.3. The molecule has 6 heteroatoms. The van der Waals surface area contributed by atoms with Crippen molar-refractivity contribution < 1.29 is 14.6 Å². The van der Waals surface area contributed by atoms with Gasteiger partial charge in [0.15, 0.2) is 0 Å². The quantitative estimate of drug-likeness (QED) is 0.581. The highest BCUT2D eigenvalue weighted by atomic mass is 16.5. The van der Waals surface area contributed by atoms with E-state index in [0.717, 1.165) is 6.42 Å². The lowest BCUT2D eigenvalue weighted by Gasteiger charge is -2.05. The average Bonchev–Trinajstić information content (AvgIpc) is 2.76. The number of ether oxygens (including phenoxy) is 1. The molecule has 0 spiro atoms. The molecule has 1 heterocycles. The lowest BCUT2D eigenvalue weighted by atomic mass is 10.4. The molecule has 0 saturated carbocycles. The number of nitrogens with zero attached hydrogens (tertiary/aromatic N) is 2. The number of rotatable bonds is 8. The summed E-state index contributed by atoms with van der Waals surface area (Å²) in [6.07, 6.45) is 4.12. The third kappa shape index (κ3) is 5.47. The zero-order valence-corrected chi connectivity index (χ0v) is 9.13. The summed E-state index contributed by atoms with van der Waals surface area (Å²) < 4.78 is 6.62. The topological polar surface area (TPSA) is 76.4 Å². The fraction of sp³-hybridized carbons (Fsp3) is 0.600. The molecule has 0 atom stereocenters. The number of carbonyl (C=O) groups excluding carboxylic acids is 1. The molecule has 90 valence electrons. The van der Waals surface area contributed by atoms with E-state index in [-0.39, 0.29) is 19.1 Å². The molecule has 1 amide bonds. The number of aliphatic hydroxyl groups is 1. The SMILES string of the molecule is O=C(Cn1cccn1)NCCCOCCO. The van der Waals surface area contributed by atoms with Crippen molar-refractivity contribution in [2.45, 2.75) is 13.0 Å². The minimum Gasteiger partial charge on any atom is -0.394 e. The molecule has 1 rings (SSSR count). The first-order valence-electron chi connectivity index (χ1n) is 5.25. The van der Waals surface area contributed by atoms with E-state index >= 15 is 0 Å². The van der Waals surface area contributed by atoms with Crippen LogP contribution in [0.2, 0.25) is 0 Å². The van der Waals surface area contributed by atoms with Gasteiger partial charge in [0.25, 0.3) is 0 Å². The van der Waals surface area contributed by atoms with Crippen molar-refractivity contribution in [1.29, 1.82) is 0 Å². The number of aliphatic hydroxyl groups excluding tert-OH is 1. The standard InChI is InChI=1S/C10H17N3O3/c14-6-8-16-7-2-3-11-10(15)9-13-5-1-4-12-13/h1,4-5,14H,2-3,6-9H2,(H,11,15). The summed E-state index contributed by atoms with van der Waals surface area (Å²) >= 11 is 0. The number of carbonyl (C=O) groups is 1. The lowest BCUT2D eigenvalue weighted by Crippen LogP contribution is -2.29. The van der Waals surface area contributed by atoms with Gasteiger partial charge in [-0.05, 0) is 12.5 Å². The monoisotopic (exact) mass is 227 g/mol. The van der Waals surface area contributed by atoms with E-state index in [1.807, 2.05) is 0 Å². The second-order valence-electron chi connectivity index (χ2n) is 3.24. The fourth-order valence-electron chi connectivity index (χ4n) is 1.17. The van der Waals surface area contributed by atoms with Crippen LogP contribution in [0.25, 0.3) is 0 Å². The predicted octanol–water partition coefficient (Wildman–Crippen LogP) is -0.602. The van der Waals surface area contributed by atoms with Gasteiger partial charge in [-0.3, -0.25) is 9.48 Å². The zero-order chi connectivity index (χ0) is 11.6. The molecule has 0 saturated heterocycles. The number of hydrogen-bond acceptors (Lipinski definition) is 4. The van der Waals surface area contributed by atoms with Crippen LogP contribution in [-0.4, -0.2) is 47.2 Å². The highest BCUT2D eigenvalue weighted by Crippen LogP contribution is 1.85. The van der Waals surface area contributed by atoms with Gasteiger partial charge < -0.3 is 15.2 Å². The molecule has 1 aromatic rings. The Labute approximate surface area is 94.2 Å². The number of aromatic nitrogens is 2. The molecular formula is C10H17N3O3.